The summed E-state index contributed by atoms with van der Waals surface area (Å²) < 4.78 is 0. The molecule has 0 heterocycles. The van der Waals surface area contributed by atoms with E-state index in [0.717, 1.165) is 5.56 Å². The van der Waals surface area contributed by atoms with Gasteiger partial charge in [-0.3, -0.25) is 14.9 Å². The third-order valence-corrected chi connectivity index (χ3v) is 3.67. The number of aliphatic hydroxyl groups excluding tert-OH is 1. The van der Waals surface area contributed by atoms with Crippen molar-refractivity contribution in [2.75, 3.05) is 0 Å². The minimum absolute atomic E-state index is 0.0710. The Hall–Kier alpha value is -2.99. The molecule has 0 saturated carbocycles. The molecule has 0 fully saturated rings. The summed E-state index contributed by atoms with van der Waals surface area (Å²) in [5.41, 5.74) is 0.941. The highest BCUT2D eigenvalue weighted by Gasteiger charge is 2.21. The van der Waals surface area contributed by atoms with E-state index in [1.54, 1.807) is 0 Å². The highest BCUT2D eigenvalue weighted by atomic mass is 16.6. The van der Waals surface area contributed by atoms with Crippen molar-refractivity contribution in [1.29, 1.82) is 0 Å². The van der Waals surface area contributed by atoms with Crippen LogP contribution in [0.2, 0.25) is 0 Å². The Bertz CT molecular complexity index is 759. The van der Waals surface area contributed by atoms with Crippen molar-refractivity contribution in [2.45, 2.75) is 19.1 Å². The van der Waals surface area contributed by atoms with Gasteiger partial charge in [-0.25, -0.2) is 0 Å². The van der Waals surface area contributed by atoms with Crippen LogP contribution in [-0.2, 0) is 4.79 Å². The summed E-state index contributed by atoms with van der Waals surface area (Å²) in [5.74, 6) is -0.509. The molecule has 2 rings (SSSR count). The van der Waals surface area contributed by atoms with Crippen LogP contribution in [0.1, 0.15) is 30.2 Å². The first-order valence-corrected chi connectivity index (χ1v) is 7.37. The number of nitro benzene ring substituents is 1. The molecule has 6 nitrogen and oxygen atoms in total. The lowest BCUT2D eigenvalue weighted by atomic mass is 10.0. The maximum atomic E-state index is 12.3. The molecule has 0 aliphatic heterocycles. The van der Waals surface area contributed by atoms with E-state index in [9.17, 15) is 20.0 Å². The Morgan fingerprint density at radius 3 is 2.42 bits per heavy atom. The summed E-state index contributed by atoms with van der Waals surface area (Å²) in [4.78, 5) is 22.5. The van der Waals surface area contributed by atoms with Crippen LogP contribution in [0.25, 0.3) is 0 Å². The summed E-state index contributed by atoms with van der Waals surface area (Å²) in [6.07, 6.45) is -1.31. The molecule has 6 heteroatoms. The zero-order chi connectivity index (χ0) is 17.7. The van der Waals surface area contributed by atoms with Crippen molar-refractivity contribution in [3.8, 4) is 0 Å². The third kappa shape index (κ3) is 4.05. The number of hydrogen-bond acceptors (Lipinski definition) is 4. The number of hydrogen-bond donors (Lipinski definition) is 2. The molecular formula is C18H18N2O4. The molecule has 0 aromatic heterocycles. The maximum Gasteiger partial charge on any atom is 0.269 e. The second kappa shape index (κ2) is 7.52. The number of nitrogens with one attached hydrogen (secondary N) is 1. The van der Waals surface area contributed by atoms with Gasteiger partial charge in [0.05, 0.1) is 11.0 Å². The molecule has 0 saturated heterocycles. The third-order valence-electron chi connectivity index (χ3n) is 3.67. The standard InChI is InChI=1S/C18H18N2O4/c1-12(17(21)15-9-6-10-16(11-15)20(23)24)18(22)19-13(2)14-7-4-3-5-8-14/h3-11,13,17,21H,1H2,2H3,(H,19,22)/t13-,17?/m1/s1. The van der Waals surface area contributed by atoms with E-state index in [2.05, 4.69) is 11.9 Å². The van der Waals surface area contributed by atoms with E-state index < -0.39 is 16.9 Å². The molecule has 2 aromatic carbocycles. The van der Waals surface area contributed by atoms with Crippen molar-refractivity contribution in [2.24, 2.45) is 0 Å². The Morgan fingerprint density at radius 1 is 1.17 bits per heavy atom. The number of non-ortho nitro benzene ring substituents is 1. The van der Waals surface area contributed by atoms with E-state index in [1.807, 2.05) is 37.3 Å². The maximum absolute atomic E-state index is 12.3. The molecule has 24 heavy (non-hydrogen) atoms. The molecular weight excluding hydrogens is 308 g/mol. The Kier molecular flexibility index (Phi) is 5.44. The fourth-order valence-electron chi connectivity index (χ4n) is 2.25. The number of carbonyl (C=O) groups excluding carboxylic acids is 1. The molecule has 1 amide bonds. The van der Waals surface area contributed by atoms with Crippen LogP contribution >= 0.6 is 0 Å². The smallest absolute Gasteiger partial charge is 0.269 e. The van der Waals surface area contributed by atoms with E-state index in [-0.39, 0.29) is 22.9 Å². The highest BCUT2D eigenvalue weighted by Crippen LogP contribution is 2.24. The molecule has 2 N–H and O–H groups in total. The SMILES string of the molecule is C=C(C(=O)N[C@H](C)c1ccccc1)C(O)c1cccc([N+](=O)[O-])c1. The Balaban J connectivity index is 2.08. The van der Waals surface area contributed by atoms with Gasteiger partial charge in [-0.2, -0.15) is 0 Å². The number of nitro groups is 1. The summed E-state index contributed by atoms with van der Waals surface area (Å²) in [6, 6.07) is 14.6. The highest BCUT2D eigenvalue weighted by molar-refractivity contribution is 5.94. The van der Waals surface area contributed by atoms with Crippen LogP contribution < -0.4 is 5.32 Å². The predicted octanol–water partition coefficient (Wildman–Crippen LogP) is 3.06. The molecule has 2 aromatic rings. The van der Waals surface area contributed by atoms with Gasteiger partial charge in [0.1, 0.15) is 6.10 Å². The lowest BCUT2D eigenvalue weighted by Crippen LogP contribution is -2.29. The van der Waals surface area contributed by atoms with Crippen molar-refractivity contribution in [3.05, 3.63) is 88.0 Å². The summed E-state index contributed by atoms with van der Waals surface area (Å²) in [6.45, 7) is 5.44. The molecule has 0 spiro atoms. The number of amides is 1. The topological polar surface area (TPSA) is 92.5 Å². The first-order valence-electron chi connectivity index (χ1n) is 7.37. The van der Waals surface area contributed by atoms with Crippen LogP contribution in [0.15, 0.2) is 66.7 Å². The van der Waals surface area contributed by atoms with Gasteiger partial charge >= 0.3 is 0 Å². The second-order valence-electron chi connectivity index (χ2n) is 5.39. The quantitative estimate of drug-likeness (QED) is 0.485. The molecule has 1 unspecified atom stereocenters. The van der Waals surface area contributed by atoms with Gasteiger partial charge in [0, 0.05) is 17.7 Å². The molecule has 124 valence electrons. The number of nitrogens with zero attached hydrogens (tertiary/aromatic N) is 1. The normalized spacial score (nSPS) is 12.9. The summed E-state index contributed by atoms with van der Waals surface area (Å²) in [5, 5.41) is 23.8. The first kappa shape index (κ1) is 17.4. The Morgan fingerprint density at radius 2 is 1.79 bits per heavy atom. The van der Waals surface area contributed by atoms with Crippen molar-refractivity contribution in [1.82, 2.24) is 5.32 Å². The zero-order valence-electron chi connectivity index (χ0n) is 13.2. The predicted molar refractivity (Wildman–Crippen MR) is 90.2 cm³/mol. The second-order valence-corrected chi connectivity index (χ2v) is 5.39. The lowest BCUT2D eigenvalue weighted by molar-refractivity contribution is -0.385. The molecule has 0 bridgehead atoms. The van der Waals surface area contributed by atoms with Gasteiger partial charge in [0.25, 0.3) is 5.69 Å². The zero-order valence-corrected chi connectivity index (χ0v) is 13.2. The Labute approximate surface area is 139 Å². The minimum atomic E-state index is -1.31. The summed E-state index contributed by atoms with van der Waals surface area (Å²) >= 11 is 0. The molecule has 0 radical (unpaired) electrons. The first-order chi connectivity index (χ1) is 11.4. The average molecular weight is 326 g/mol. The van der Waals surface area contributed by atoms with E-state index in [1.165, 1.54) is 24.3 Å². The van der Waals surface area contributed by atoms with Gasteiger partial charge in [-0.05, 0) is 18.1 Å². The number of rotatable bonds is 6. The molecule has 0 aliphatic carbocycles. The van der Waals surface area contributed by atoms with Gasteiger partial charge in [0.15, 0.2) is 0 Å². The van der Waals surface area contributed by atoms with Gasteiger partial charge in [0.2, 0.25) is 5.91 Å². The fourth-order valence-corrected chi connectivity index (χ4v) is 2.25. The van der Waals surface area contributed by atoms with Crippen molar-refractivity contribution >= 4 is 11.6 Å². The van der Waals surface area contributed by atoms with Crippen molar-refractivity contribution < 1.29 is 14.8 Å². The van der Waals surface area contributed by atoms with Gasteiger partial charge in [-0.1, -0.05) is 49.0 Å². The van der Waals surface area contributed by atoms with E-state index >= 15 is 0 Å². The number of benzene rings is 2. The van der Waals surface area contributed by atoms with E-state index in [4.69, 9.17) is 0 Å². The molecule has 0 aliphatic rings. The number of carbonyl (C=O) groups is 1. The number of aliphatic hydroxyl groups is 1. The van der Waals surface area contributed by atoms with Crippen LogP contribution in [0, 0.1) is 10.1 Å². The average Bonchev–Trinajstić information content (AvgIpc) is 2.61. The van der Waals surface area contributed by atoms with Crippen LogP contribution in [-0.4, -0.2) is 15.9 Å². The van der Waals surface area contributed by atoms with Crippen molar-refractivity contribution in [3.63, 3.8) is 0 Å². The lowest BCUT2D eigenvalue weighted by Gasteiger charge is -2.18. The van der Waals surface area contributed by atoms with Crippen LogP contribution in [0.4, 0.5) is 5.69 Å². The van der Waals surface area contributed by atoms with Crippen LogP contribution in [0.5, 0.6) is 0 Å². The largest absolute Gasteiger partial charge is 0.383 e. The van der Waals surface area contributed by atoms with Gasteiger partial charge in [-0.15, -0.1) is 0 Å². The minimum Gasteiger partial charge on any atom is -0.383 e. The van der Waals surface area contributed by atoms with E-state index in [0.29, 0.717) is 0 Å². The monoisotopic (exact) mass is 326 g/mol. The fraction of sp³-hybridized carbons (Fsp3) is 0.167. The van der Waals surface area contributed by atoms with Crippen LogP contribution in [0.3, 0.4) is 0 Å². The van der Waals surface area contributed by atoms with Gasteiger partial charge < -0.3 is 10.4 Å². The summed E-state index contributed by atoms with van der Waals surface area (Å²) in [7, 11) is 0. The molecule has 2 atom stereocenters.